The molecule has 2 aromatic heterocycles. The number of anilines is 3. The lowest BCUT2D eigenvalue weighted by Gasteiger charge is -2.07. The summed E-state index contributed by atoms with van der Waals surface area (Å²) in [5, 5.41) is 6.96. The van der Waals surface area contributed by atoms with Crippen molar-refractivity contribution < 1.29 is 4.74 Å². The van der Waals surface area contributed by atoms with Crippen LogP contribution in [0.5, 0.6) is 6.01 Å². The van der Waals surface area contributed by atoms with Crippen molar-refractivity contribution in [1.29, 1.82) is 0 Å². The number of thiophene rings is 1. The lowest BCUT2D eigenvalue weighted by atomic mass is 10.5. The Morgan fingerprint density at radius 1 is 1.33 bits per heavy atom. The van der Waals surface area contributed by atoms with E-state index in [9.17, 15) is 0 Å². The monoisotopic (exact) mass is 266 g/mol. The third kappa shape index (κ3) is 3.28. The third-order valence-corrected chi connectivity index (χ3v) is 2.64. The van der Waals surface area contributed by atoms with Crippen molar-refractivity contribution in [2.45, 2.75) is 13.3 Å². The van der Waals surface area contributed by atoms with E-state index in [2.05, 4.69) is 25.7 Å². The molecular formula is C10H14N6OS. The van der Waals surface area contributed by atoms with E-state index >= 15 is 0 Å². The first kappa shape index (κ1) is 12.5. The van der Waals surface area contributed by atoms with Gasteiger partial charge >= 0.3 is 6.01 Å². The maximum Gasteiger partial charge on any atom is 0.323 e. The molecule has 0 aliphatic rings. The number of hydrogen-bond acceptors (Lipinski definition) is 8. The second kappa shape index (κ2) is 6.12. The van der Waals surface area contributed by atoms with Crippen molar-refractivity contribution in [1.82, 2.24) is 15.0 Å². The van der Waals surface area contributed by atoms with Gasteiger partial charge < -0.3 is 10.1 Å². The standard InChI is InChI=1S/C10H14N6OS/c1-2-4-17-10-14-8(13-9(15-10)16-11)12-7-3-5-18-6-7/h3,5-6H,2,4,11H2,1H3,(H2,12,13,14,15,16). The Kier molecular flexibility index (Phi) is 4.26. The van der Waals surface area contributed by atoms with Crippen molar-refractivity contribution in [2.75, 3.05) is 17.3 Å². The number of nitrogen functional groups attached to an aromatic ring is 1. The summed E-state index contributed by atoms with van der Waals surface area (Å²) in [5.41, 5.74) is 3.30. The Hall–Kier alpha value is -1.93. The Bertz CT molecular complexity index is 489. The maximum absolute atomic E-state index is 5.36. The molecule has 4 N–H and O–H groups in total. The topological polar surface area (TPSA) is 98.0 Å². The van der Waals surface area contributed by atoms with Gasteiger partial charge in [0.1, 0.15) is 0 Å². The minimum Gasteiger partial charge on any atom is -0.463 e. The summed E-state index contributed by atoms with van der Waals surface area (Å²) in [7, 11) is 0. The molecule has 2 aromatic rings. The molecule has 0 radical (unpaired) electrons. The number of ether oxygens (including phenoxy) is 1. The van der Waals surface area contributed by atoms with Gasteiger partial charge in [-0.05, 0) is 17.9 Å². The molecule has 8 heteroatoms. The number of nitrogens with one attached hydrogen (secondary N) is 2. The fourth-order valence-electron chi connectivity index (χ4n) is 1.20. The van der Waals surface area contributed by atoms with Crippen LogP contribution >= 0.6 is 11.3 Å². The van der Waals surface area contributed by atoms with Crippen molar-refractivity contribution in [3.8, 4) is 6.01 Å². The van der Waals surface area contributed by atoms with Crippen LogP contribution in [-0.2, 0) is 0 Å². The van der Waals surface area contributed by atoms with E-state index < -0.39 is 0 Å². The van der Waals surface area contributed by atoms with Gasteiger partial charge in [-0.1, -0.05) is 6.92 Å². The van der Waals surface area contributed by atoms with Gasteiger partial charge in [-0.2, -0.15) is 26.3 Å². The number of nitrogens with zero attached hydrogens (tertiary/aromatic N) is 3. The van der Waals surface area contributed by atoms with Crippen LogP contribution in [0.1, 0.15) is 13.3 Å². The Balaban J connectivity index is 2.17. The van der Waals surface area contributed by atoms with E-state index in [1.54, 1.807) is 11.3 Å². The van der Waals surface area contributed by atoms with Gasteiger partial charge in [0.05, 0.1) is 12.3 Å². The first-order valence-corrected chi connectivity index (χ1v) is 6.41. The third-order valence-electron chi connectivity index (χ3n) is 1.96. The van der Waals surface area contributed by atoms with Crippen LogP contribution in [0.3, 0.4) is 0 Å². The van der Waals surface area contributed by atoms with Crippen LogP contribution in [0, 0.1) is 0 Å². The predicted molar refractivity (Wildman–Crippen MR) is 71.0 cm³/mol. The Morgan fingerprint density at radius 3 is 2.83 bits per heavy atom. The van der Waals surface area contributed by atoms with Crippen LogP contribution < -0.4 is 21.3 Å². The van der Waals surface area contributed by atoms with E-state index in [1.807, 2.05) is 23.8 Å². The summed E-state index contributed by atoms with van der Waals surface area (Å²) >= 11 is 1.58. The molecule has 0 aromatic carbocycles. The molecule has 0 bridgehead atoms. The largest absolute Gasteiger partial charge is 0.463 e. The van der Waals surface area contributed by atoms with Crippen LogP contribution in [0.2, 0.25) is 0 Å². The van der Waals surface area contributed by atoms with E-state index in [4.69, 9.17) is 10.6 Å². The van der Waals surface area contributed by atoms with Gasteiger partial charge in [0, 0.05) is 5.38 Å². The number of hydrogen-bond donors (Lipinski definition) is 3. The summed E-state index contributed by atoms with van der Waals surface area (Å²) in [5.74, 6) is 5.95. The maximum atomic E-state index is 5.36. The van der Waals surface area contributed by atoms with Gasteiger partial charge in [0.15, 0.2) is 0 Å². The molecule has 0 unspecified atom stereocenters. The first-order valence-electron chi connectivity index (χ1n) is 5.46. The zero-order valence-corrected chi connectivity index (χ0v) is 10.7. The summed E-state index contributed by atoms with van der Waals surface area (Å²) < 4.78 is 5.36. The minimum atomic E-state index is 0.248. The lowest BCUT2D eigenvalue weighted by Crippen LogP contribution is -2.13. The predicted octanol–water partition coefficient (Wildman–Crippen LogP) is 1.75. The lowest BCUT2D eigenvalue weighted by molar-refractivity contribution is 0.292. The molecular weight excluding hydrogens is 252 g/mol. The highest BCUT2D eigenvalue weighted by Gasteiger charge is 2.07. The molecule has 0 saturated carbocycles. The molecule has 0 saturated heterocycles. The van der Waals surface area contributed by atoms with Gasteiger partial charge in [-0.3, -0.25) is 5.43 Å². The number of nitrogens with two attached hydrogens (primary N) is 1. The number of aromatic nitrogens is 3. The summed E-state index contributed by atoms with van der Waals surface area (Å²) in [6.07, 6.45) is 0.879. The van der Waals surface area contributed by atoms with Crippen molar-refractivity contribution in [2.24, 2.45) is 5.84 Å². The zero-order chi connectivity index (χ0) is 12.8. The molecule has 18 heavy (non-hydrogen) atoms. The molecule has 0 amide bonds. The van der Waals surface area contributed by atoms with Crippen molar-refractivity contribution in [3.05, 3.63) is 16.8 Å². The number of hydrazine groups is 1. The molecule has 2 rings (SSSR count). The molecule has 0 spiro atoms. The fraction of sp³-hybridized carbons (Fsp3) is 0.300. The Morgan fingerprint density at radius 2 is 2.17 bits per heavy atom. The Labute approximate surface area is 108 Å². The van der Waals surface area contributed by atoms with Crippen molar-refractivity contribution in [3.63, 3.8) is 0 Å². The average Bonchev–Trinajstić information content (AvgIpc) is 2.89. The molecule has 0 aliphatic carbocycles. The van der Waals surface area contributed by atoms with Gasteiger partial charge in [0.2, 0.25) is 11.9 Å². The SMILES string of the molecule is CCCOc1nc(NN)nc(Nc2ccsc2)n1. The molecule has 96 valence electrons. The fourth-order valence-corrected chi connectivity index (χ4v) is 1.79. The highest BCUT2D eigenvalue weighted by molar-refractivity contribution is 7.08. The van der Waals surface area contributed by atoms with Crippen LogP contribution in [-0.4, -0.2) is 21.6 Å². The second-order valence-corrected chi connectivity index (χ2v) is 4.18. The van der Waals surface area contributed by atoms with Gasteiger partial charge in [-0.25, -0.2) is 5.84 Å². The van der Waals surface area contributed by atoms with Crippen LogP contribution in [0.25, 0.3) is 0 Å². The summed E-state index contributed by atoms with van der Waals surface area (Å²) in [4.78, 5) is 12.2. The first-order chi connectivity index (χ1) is 8.81. The highest BCUT2D eigenvalue weighted by Crippen LogP contribution is 2.18. The highest BCUT2D eigenvalue weighted by atomic mass is 32.1. The summed E-state index contributed by atoms with van der Waals surface area (Å²) in [6, 6.07) is 2.17. The molecule has 0 aliphatic heterocycles. The van der Waals surface area contributed by atoms with Crippen LogP contribution in [0.15, 0.2) is 16.8 Å². The van der Waals surface area contributed by atoms with E-state index in [0.717, 1.165) is 12.1 Å². The zero-order valence-electron chi connectivity index (χ0n) is 9.88. The molecule has 2 heterocycles. The van der Waals surface area contributed by atoms with Crippen LogP contribution in [0.4, 0.5) is 17.6 Å². The van der Waals surface area contributed by atoms with Gasteiger partial charge in [0.25, 0.3) is 0 Å². The smallest absolute Gasteiger partial charge is 0.323 e. The van der Waals surface area contributed by atoms with E-state index in [0.29, 0.717) is 12.6 Å². The van der Waals surface area contributed by atoms with Crippen molar-refractivity contribution >= 4 is 28.9 Å². The summed E-state index contributed by atoms with van der Waals surface area (Å²) in [6.45, 7) is 2.56. The van der Waals surface area contributed by atoms with Gasteiger partial charge in [-0.15, -0.1) is 0 Å². The van der Waals surface area contributed by atoms with E-state index in [1.165, 1.54) is 0 Å². The molecule has 0 fully saturated rings. The quantitative estimate of drug-likeness (QED) is 0.541. The minimum absolute atomic E-state index is 0.248. The number of rotatable bonds is 6. The van der Waals surface area contributed by atoms with E-state index in [-0.39, 0.29) is 12.0 Å². The second-order valence-electron chi connectivity index (χ2n) is 3.40. The molecule has 7 nitrogen and oxygen atoms in total. The normalized spacial score (nSPS) is 10.1. The molecule has 0 atom stereocenters. The average molecular weight is 266 g/mol.